The van der Waals surface area contributed by atoms with E-state index in [0.717, 1.165) is 60.3 Å². The van der Waals surface area contributed by atoms with Crippen LogP contribution in [0.3, 0.4) is 0 Å². The van der Waals surface area contributed by atoms with Crippen LogP contribution < -0.4 is 0 Å². The van der Waals surface area contributed by atoms with Crippen molar-refractivity contribution < 1.29 is 14.3 Å². The number of esters is 1. The lowest BCUT2D eigenvalue weighted by molar-refractivity contribution is -0.136. The molecule has 0 aromatic heterocycles. The second kappa shape index (κ2) is 10.1. The van der Waals surface area contributed by atoms with Crippen molar-refractivity contribution in [1.82, 2.24) is 14.7 Å². The third-order valence-electron chi connectivity index (χ3n) is 6.39. The van der Waals surface area contributed by atoms with Crippen molar-refractivity contribution in [3.8, 4) is 0 Å². The number of carbonyl (C=O) groups is 2. The molecule has 3 heterocycles. The number of benzene rings is 1. The summed E-state index contributed by atoms with van der Waals surface area (Å²) in [5.74, 6) is -0.259. The van der Waals surface area contributed by atoms with Crippen molar-refractivity contribution in [2.75, 3.05) is 40.3 Å². The number of hydrogen-bond acceptors (Lipinski definition) is 7. The Morgan fingerprint density at radius 3 is 2.76 bits per heavy atom. The van der Waals surface area contributed by atoms with E-state index in [1.165, 1.54) is 18.9 Å². The van der Waals surface area contributed by atoms with E-state index >= 15 is 0 Å². The second-order valence-electron chi connectivity index (χ2n) is 8.73. The van der Waals surface area contributed by atoms with Crippen LogP contribution in [0.2, 0.25) is 0 Å². The number of amidine groups is 1. The van der Waals surface area contributed by atoms with E-state index in [1.54, 1.807) is 0 Å². The molecule has 1 unspecified atom stereocenters. The maximum absolute atomic E-state index is 13.3. The first-order chi connectivity index (χ1) is 15.9. The molecule has 0 spiro atoms. The topological polar surface area (TPSA) is 65.5 Å². The zero-order valence-corrected chi connectivity index (χ0v) is 20.7. The number of methoxy groups -OCH3 is 1. The van der Waals surface area contributed by atoms with Crippen LogP contribution in [0.1, 0.15) is 43.4 Å². The molecule has 3 aliphatic rings. The fourth-order valence-electron chi connectivity index (χ4n) is 4.63. The normalized spacial score (nSPS) is 21.4. The van der Waals surface area contributed by atoms with Crippen LogP contribution in [0.25, 0.3) is 0 Å². The van der Waals surface area contributed by atoms with Gasteiger partial charge in [0.15, 0.2) is 5.17 Å². The lowest BCUT2D eigenvalue weighted by Gasteiger charge is -2.37. The Balaban J connectivity index is 1.68. The number of hydrogen-bond donors (Lipinski definition) is 0. The Morgan fingerprint density at radius 2 is 2.03 bits per heavy atom. The molecule has 8 heteroatoms. The van der Waals surface area contributed by atoms with Crippen LogP contribution in [-0.2, 0) is 14.3 Å². The summed E-state index contributed by atoms with van der Waals surface area (Å²) in [5, 5.41) is 2.82. The fourth-order valence-corrected chi connectivity index (χ4v) is 5.57. The molecule has 1 aromatic rings. The predicted molar refractivity (Wildman–Crippen MR) is 132 cm³/mol. The molecule has 1 amide bonds. The van der Waals surface area contributed by atoms with Gasteiger partial charge in [0, 0.05) is 25.3 Å². The number of amides is 1. The van der Waals surface area contributed by atoms with Crippen LogP contribution in [0.5, 0.6) is 0 Å². The SMILES string of the molecule is CCC1=C(C(=O)OC)C(c2cccc(C)c2)N2C(CC(=O)N3CCCN(C)CC3)=CSC2=N1. The van der Waals surface area contributed by atoms with Gasteiger partial charge in [-0.05, 0) is 44.3 Å². The van der Waals surface area contributed by atoms with E-state index < -0.39 is 0 Å². The Hall–Kier alpha value is -2.58. The third kappa shape index (κ3) is 4.87. The maximum Gasteiger partial charge on any atom is 0.338 e. The van der Waals surface area contributed by atoms with Gasteiger partial charge in [0.25, 0.3) is 0 Å². The molecule has 7 nitrogen and oxygen atoms in total. The van der Waals surface area contributed by atoms with Gasteiger partial charge in [-0.3, -0.25) is 4.79 Å². The first kappa shape index (κ1) is 23.6. The Bertz CT molecular complexity index is 1030. The maximum atomic E-state index is 13.3. The molecule has 0 N–H and O–H groups in total. The highest BCUT2D eigenvalue weighted by Crippen LogP contribution is 2.45. The van der Waals surface area contributed by atoms with Crippen molar-refractivity contribution >= 4 is 28.8 Å². The van der Waals surface area contributed by atoms with E-state index in [1.807, 2.05) is 42.4 Å². The van der Waals surface area contributed by atoms with E-state index in [4.69, 9.17) is 9.73 Å². The Morgan fingerprint density at radius 1 is 1.21 bits per heavy atom. The van der Waals surface area contributed by atoms with Crippen LogP contribution in [0.15, 0.2) is 51.6 Å². The number of nitrogens with zero attached hydrogens (tertiary/aromatic N) is 4. The van der Waals surface area contributed by atoms with Gasteiger partial charge in [0.2, 0.25) is 5.91 Å². The largest absolute Gasteiger partial charge is 0.466 e. The number of carbonyl (C=O) groups excluding carboxylic acids is 2. The summed E-state index contributed by atoms with van der Waals surface area (Å²) in [6.45, 7) is 7.45. The first-order valence-corrected chi connectivity index (χ1v) is 12.4. The van der Waals surface area contributed by atoms with Crippen LogP contribution in [0.4, 0.5) is 0 Å². The van der Waals surface area contributed by atoms with Crippen LogP contribution in [0, 0.1) is 6.92 Å². The van der Waals surface area contributed by atoms with Crippen molar-refractivity contribution in [2.24, 2.45) is 4.99 Å². The lowest BCUT2D eigenvalue weighted by atomic mass is 9.92. The highest BCUT2D eigenvalue weighted by molar-refractivity contribution is 8.16. The molecule has 1 atom stereocenters. The Kier molecular flexibility index (Phi) is 7.24. The van der Waals surface area contributed by atoms with Gasteiger partial charge in [-0.25, -0.2) is 9.79 Å². The summed E-state index contributed by atoms with van der Waals surface area (Å²) in [6, 6.07) is 7.80. The zero-order valence-electron chi connectivity index (χ0n) is 19.8. The summed E-state index contributed by atoms with van der Waals surface area (Å²) < 4.78 is 5.19. The van der Waals surface area contributed by atoms with Crippen molar-refractivity contribution in [1.29, 1.82) is 0 Å². The highest BCUT2D eigenvalue weighted by atomic mass is 32.2. The molecule has 0 radical (unpaired) electrons. The molecule has 1 fully saturated rings. The number of thioether (sulfide) groups is 1. The monoisotopic (exact) mass is 468 g/mol. The molecule has 0 bridgehead atoms. The van der Waals surface area contributed by atoms with Gasteiger partial charge < -0.3 is 19.4 Å². The Labute approximate surface area is 200 Å². The summed E-state index contributed by atoms with van der Waals surface area (Å²) in [5.41, 5.74) is 4.27. The standard InChI is InChI=1S/C25H32N4O3S/c1-5-20-22(24(31)32-4)23(18-9-6-8-17(2)14-18)29-19(16-33-25(29)26-20)15-21(30)28-11-7-10-27(3)12-13-28/h6,8-9,14,16,23H,5,7,10-13,15H2,1-4H3. The molecular formula is C25H32N4O3S. The van der Waals surface area contributed by atoms with Gasteiger partial charge in [0.1, 0.15) is 0 Å². The van der Waals surface area contributed by atoms with Crippen LogP contribution >= 0.6 is 11.8 Å². The summed E-state index contributed by atoms with van der Waals surface area (Å²) in [4.78, 5) is 37.3. The lowest BCUT2D eigenvalue weighted by Crippen LogP contribution is -2.39. The van der Waals surface area contributed by atoms with E-state index in [2.05, 4.69) is 22.9 Å². The number of aliphatic imine (C=N–C) groups is 1. The van der Waals surface area contributed by atoms with Crippen LogP contribution in [-0.4, -0.2) is 72.1 Å². The van der Waals surface area contributed by atoms with E-state index in [9.17, 15) is 9.59 Å². The molecule has 33 heavy (non-hydrogen) atoms. The average Bonchev–Trinajstić information content (AvgIpc) is 3.07. The van der Waals surface area contributed by atoms with Gasteiger partial charge in [-0.15, -0.1) is 0 Å². The minimum atomic E-state index is -0.376. The highest BCUT2D eigenvalue weighted by Gasteiger charge is 2.41. The summed E-state index contributed by atoms with van der Waals surface area (Å²) in [6.07, 6.45) is 1.89. The number of ether oxygens (including phenoxy) is 1. The molecule has 3 aliphatic heterocycles. The quantitative estimate of drug-likeness (QED) is 0.614. The number of aryl methyl sites for hydroxylation is 1. The summed E-state index contributed by atoms with van der Waals surface area (Å²) in [7, 11) is 3.50. The zero-order chi connectivity index (χ0) is 23.5. The molecule has 4 rings (SSSR count). The second-order valence-corrected chi connectivity index (χ2v) is 9.56. The predicted octanol–water partition coefficient (Wildman–Crippen LogP) is 3.69. The van der Waals surface area contributed by atoms with Gasteiger partial charge in [-0.1, -0.05) is 48.5 Å². The van der Waals surface area contributed by atoms with E-state index in [-0.39, 0.29) is 24.3 Å². The molecule has 0 saturated carbocycles. The molecular weight excluding hydrogens is 436 g/mol. The van der Waals surface area contributed by atoms with Gasteiger partial charge in [-0.2, -0.15) is 0 Å². The first-order valence-electron chi connectivity index (χ1n) is 11.5. The smallest absolute Gasteiger partial charge is 0.338 e. The number of fused-ring (bicyclic) bond motifs is 1. The van der Waals surface area contributed by atoms with Crippen molar-refractivity contribution in [3.05, 3.63) is 57.8 Å². The minimum absolute atomic E-state index is 0.117. The molecule has 0 aliphatic carbocycles. The number of likely N-dealkylation sites (N-methyl/N-ethyl adjacent to an activating group) is 1. The van der Waals surface area contributed by atoms with Gasteiger partial charge >= 0.3 is 5.97 Å². The molecule has 1 saturated heterocycles. The summed E-state index contributed by atoms with van der Waals surface area (Å²) >= 11 is 1.52. The van der Waals surface area contributed by atoms with E-state index in [0.29, 0.717) is 12.0 Å². The molecule has 176 valence electrons. The average molecular weight is 469 g/mol. The van der Waals surface area contributed by atoms with Gasteiger partial charge in [0.05, 0.1) is 30.8 Å². The minimum Gasteiger partial charge on any atom is -0.466 e. The third-order valence-corrected chi connectivity index (χ3v) is 7.28. The fraction of sp³-hybridized carbons (Fsp3) is 0.480. The van der Waals surface area contributed by atoms with Crippen molar-refractivity contribution in [3.63, 3.8) is 0 Å². The number of allylic oxidation sites excluding steroid dienone is 1. The molecule has 1 aromatic carbocycles. The van der Waals surface area contributed by atoms with Crippen molar-refractivity contribution in [2.45, 2.75) is 39.2 Å². The number of rotatable bonds is 5.